The van der Waals surface area contributed by atoms with E-state index in [2.05, 4.69) is 32.2 Å². The van der Waals surface area contributed by atoms with Crippen LogP contribution < -0.4 is 40.5 Å². The number of hydrogen-bond acceptors (Lipinski definition) is 9. The van der Waals surface area contributed by atoms with Gasteiger partial charge < -0.3 is 45.1 Å². The van der Waals surface area contributed by atoms with E-state index in [0.717, 1.165) is 46.4 Å². The van der Waals surface area contributed by atoms with Crippen molar-refractivity contribution in [1.82, 2.24) is 15.2 Å². The third-order valence-corrected chi connectivity index (χ3v) is 11.1. The fourth-order valence-electron chi connectivity index (χ4n) is 7.19. The molecule has 2 aliphatic heterocycles. The summed E-state index contributed by atoms with van der Waals surface area (Å²) in [7, 11) is 6.99. The molecule has 4 N–H and O–H groups in total. The van der Waals surface area contributed by atoms with Crippen LogP contribution in [0.4, 0.5) is 22.7 Å². The van der Waals surface area contributed by atoms with Gasteiger partial charge >= 0.3 is 0 Å². The van der Waals surface area contributed by atoms with Crippen LogP contribution in [0.5, 0.6) is 11.5 Å². The minimum Gasteiger partial charge on any atom is -0.493 e. The van der Waals surface area contributed by atoms with E-state index in [1.165, 1.54) is 16.9 Å². The van der Waals surface area contributed by atoms with Crippen molar-refractivity contribution in [3.63, 3.8) is 0 Å². The molecule has 0 spiro atoms. The number of methoxy groups -OCH3 is 1. The molecular weight excluding hydrogens is 719 g/mol. The van der Waals surface area contributed by atoms with Gasteiger partial charge in [-0.05, 0) is 72.7 Å². The Labute approximate surface area is 323 Å². The Bertz CT molecular complexity index is 2260. The van der Waals surface area contributed by atoms with E-state index in [1.807, 2.05) is 73.7 Å². The van der Waals surface area contributed by atoms with E-state index >= 15 is 0 Å². The Kier molecular flexibility index (Phi) is 11.0. The number of thiophene rings is 1. The minimum atomic E-state index is -0.252. The van der Waals surface area contributed by atoms with Crippen LogP contribution in [0.1, 0.15) is 55.3 Å². The summed E-state index contributed by atoms with van der Waals surface area (Å²) < 4.78 is 14.6. The van der Waals surface area contributed by atoms with Gasteiger partial charge in [0.15, 0.2) is 11.5 Å². The number of carbonyl (C=O) groups is 4. The Morgan fingerprint density at radius 2 is 1.75 bits per heavy atom. The maximum absolute atomic E-state index is 13.9. The number of anilines is 4. The average molecular weight is 764 g/mol. The number of rotatable bonds is 14. The molecule has 55 heavy (non-hydrogen) atoms. The highest BCUT2D eigenvalue weighted by Crippen LogP contribution is 2.42. The van der Waals surface area contributed by atoms with Crippen LogP contribution in [0, 0.1) is 0 Å². The third-order valence-electron chi connectivity index (χ3n) is 10.0. The van der Waals surface area contributed by atoms with Crippen LogP contribution in [0.2, 0.25) is 0 Å². The van der Waals surface area contributed by atoms with Crippen LogP contribution in [-0.2, 0) is 18.3 Å². The first-order chi connectivity index (χ1) is 26.6. The topological polar surface area (TPSA) is 146 Å². The van der Waals surface area contributed by atoms with Crippen LogP contribution in [-0.4, -0.2) is 81.7 Å². The number of nitrogens with one attached hydrogen (secondary N) is 4. The highest BCUT2D eigenvalue weighted by atomic mass is 32.1. The van der Waals surface area contributed by atoms with Gasteiger partial charge in [-0.1, -0.05) is 18.2 Å². The van der Waals surface area contributed by atoms with Crippen molar-refractivity contribution in [3.05, 3.63) is 94.6 Å². The molecule has 2 aliphatic rings. The summed E-state index contributed by atoms with van der Waals surface area (Å²) in [5, 5.41) is 12.5. The lowest BCUT2D eigenvalue weighted by Crippen LogP contribution is -2.41. The number of nitrogens with zero attached hydrogens (tertiary/aromatic N) is 3. The molecule has 0 fully saturated rings. The van der Waals surface area contributed by atoms with Gasteiger partial charge in [0.25, 0.3) is 17.7 Å². The fraction of sp³-hybridized carbons (Fsp3) is 0.317. The first-order valence-electron chi connectivity index (χ1n) is 18.3. The molecule has 4 amide bonds. The molecule has 0 bridgehead atoms. The lowest BCUT2D eigenvalue weighted by molar-refractivity contribution is -0.120. The van der Waals surface area contributed by atoms with Gasteiger partial charge in [0.05, 0.1) is 41.6 Å². The van der Waals surface area contributed by atoms with Gasteiger partial charge in [-0.25, -0.2) is 0 Å². The second-order valence-corrected chi connectivity index (χ2v) is 14.9. The monoisotopic (exact) mass is 763 g/mol. The van der Waals surface area contributed by atoms with Crippen molar-refractivity contribution < 1.29 is 28.7 Å². The summed E-state index contributed by atoms with van der Waals surface area (Å²) >= 11 is 1.35. The fourth-order valence-corrected chi connectivity index (χ4v) is 8.15. The number of benzene rings is 3. The zero-order valence-corrected chi connectivity index (χ0v) is 32.2. The zero-order valence-electron chi connectivity index (χ0n) is 31.4. The van der Waals surface area contributed by atoms with Gasteiger partial charge in [0.2, 0.25) is 5.91 Å². The number of amides is 4. The quantitative estimate of drug-likeness (QED) is 0.106. The normalized spacial score (nSPS) is 14.5. The number of likely N-dealkylation sites (N-methyl/N-ethyl adjacent to an activating group) is 1. The molecule has 0 unspecified atom stereocenters. The Morgan fingerprint density at radius 1 is 0.909 bits per heavy atom. The van der Waals surface area contributed by atoms with Crippen LogP contribution >= 0.6 is 11.3 Å². The van der Waals surface area contributed by atoms with Gasteiger partial charge in [-0.2, -0.15) is 0 Å². The predicted molar refractivity (Wildman–Crippen MR) is 216 cm³/mol. The maximum Gasteiger partial charge on any atom is 0.272 e. The largest absolute Gasteiger partial charge is 0.493 e. The number of aryl methyl sites for hydroxylation is 1. The van der Waals surface area contributed by atoms with Gasteiger partial charge in [-0.3, -0.25) is 19.2 Å². The molecule has 3 aromatic carbocycles. The second-order valence-electron chi connectivity index (χ2n) is 13.8. The number of fused-ring (bicyclic) bond motifs is 5. The highest BCUT2D eigenvalue weighted by Gasteiger charge is 2.39. The number of ether oxygens (including phenoxy) is 2. The Morgan fingerprint density at radius 3 is 2.56 bits per heavy atom. The molecule has 0 saturated heterocycles. The molecule has 1 atom stereocenters. The maximum atomic E-state index is 13.9. The molecule has 7 rings (SSSR count). The lowest BCUT2D eigenvalue weighted by atomic mass is 10.1. The summed E-state index contributed by atoms with van der Waals surface area (Å²) in [5.74, 6) is 0.474. The van der Waals surface area contributed by atoms with Crippen molar-refractivity contribution in [2.75, 3.05) is 67.9 Å². The van der Waals surface area contributed by atoms with E-state index in [-0.39, 0.29) is 42.6 Å². The number of unbranched alkanes of at least 4 members (excludes halogenated alkanes) is 1. The van der Waals surface area contributed by atoms with E-state index in [1.54, 1.807) is 30.9 Å². The molecule has 286 valence electrons. The van der Waals surface area contributed by atoms with Gasteiger partial charge in [0.1, 0.15) is 5.69 Å². The van der Waals surface area contributed by atoms with E-state index in [9.17, 15) is 19.2 Å². The van der Waals surface area contributed by atoms with E-state index in [4.69, 9.17) is 9.47 Å². The smallest absolute Gasteiger partial charge is 0.272 e. The van der Waals surface area contributed by atoms with Crippen LogP contribution in [0.3, 0.4) is 0 Å². The van der Waals surface area contributed by atoms with Crippen molar-refractivity contribution in [3.8, 4) is 11.5 Å². The second kappa shape index (κ2) is 16.1. The third kappa shape index (κ3) is 7.95. The highest BCUT2D eigenvalue weighted by molar-refractivity contribution is 7.20. The minimum absolute atomic E-state index is 0.0270. The molecule has 14 heteroatoms. The summed E-state index contributed by atoms with van der Waals surface area (Å²) in [4.78, 5) is 55.7. The molecule has 0 radical (unpaired) electrons. The Hall–Kier alpha value is -6.02. The van der Waals surface area contributed by atoms with Crippen LogP contribution in [0.25, 0.3) is 10.1 Å². The molecule has 4 heterocycles. The van der Waals surface area contributed by atoms with Crippen molar-refractivity contribution in [2.24, 2.45) is 7.05 Å². The number of hydrogen-bond donors (Lipinski definition) is 4. The van der Waals surface area contributed by atoms with Gasteiger partial charge in [-0.15, -0.1) is 11.3 Å². The summed E-state index contributed by atoms with van der Waals surface area (Å²) in [6.45, 7) is 2.12. The standard InChI is InChI=1S/C41H45N7O6S/c1-42-38(49)13-15-44-40(51)37-19-26-17-27(11-12-36(26)55-37)45-39(50)33-20-28(23-46(33)2)43-14-7-8-16-54-35-22-32-30(21-34(35)53-4)41(52)48-29(24-47(32)3)18-25-9-5-6-10-31(25)48/h5-6,9-12,17,19-23,29,43H,7-8,13-16,18,24H2,1-4H3,(H,42,49)(H,44,51)(H,45,50)/t29-/m0/s1. The van der Waals surface area contributed by atoms with Crippen LogP contribution in [0.15, 0.2) is 72.9 Å². The summed E-state index contributed by atoms with van der Waals surface area (Å²) in [6, 6.07) is 21.0. The molecule has 0 saturated carbocycles. The van der Waals surface area contributed by atoms with Crippen molar-refractivity contribution >= 4 is 67.8 Å². The van der Waals surface area contributed by atoms with Gasteiger partial charge in [0, 0.05) is 75.5 Å². The number of aromatic nitrogens is 1. The molecule has 2 aromatic heterocycles. The van der Waals surface area contributed by atoms with Crippen molar-refractivity contribution in [1.29, 1.82) is 0 Å². The van der Waals surface area contributed by atoms with E-state index in [0.29, 0.717) is 53.0 Å². The molecule has 13 nitrogen and oxygen atoms in total. The van der Waals surface area contributed by atoms with Crippen molar-refractivity contribution in [2.45, 2.75) is 31.7 Å². The number of para-hydroxylation sites is 1. The zero-order chi connectivity index (χ0) is 38.6. The lowest BCUT2D eigenvalue weighted by Gasteiger charge is -2.25. The molecule has 5 aromatic rings. The summed E-state index contributed by atoms with van der Waals surface area (Å²) in [6.07, 6.45) is 4.52. The average Bonchev–Trinajstić information content (AvgIpc) is 3.88. The SMILES string of the molecule is CNC(=O)CCNC(=O)c1cc2cc(NC(=O)c3cc(NCCCCOc4cc5c(cc4OC)C(=O)N4c6ccccc6C[C@H]4CN5C)cn3C)ccc2s1. The molecule has 0 aliphatic carbocycles. The first kappa shape index (κ1) is 37.3. The van der Waals surface area contributed by atoms with E-state index < -0.39 is 0 Å². The number of carbonyl (C=O) groups excluding carboxylic acids is 4. The molecular formula is C41H45N7O6S. The summed E-state index contributed by atoms with van der Waals surface area (Å²) in [5.41, 5.74) is 5.54. The Balaban J connectivity index is 0.897. The first-order valence-corrected chi connectivity index (χ1v) is 19.2. The predicted octanol–water partition coefficient (Wildman–Crippen LogP) is 5.66.